The zero-order valence-electron chi connectivity index (χ0n) is 27.4. The first-order valence-electron chi connectivity index (χ1n) is 17.0. The molecule has 0 N–H and O–H groups in total. The van der Waals surface area contributed by atoms with Crippen molar-refractivity contribution in [1.82, 2.24) is 9.97 Å². The number of rotatable bonds is 6. The highest BCUT2D eigenvalue weighted by Crippen LogP contribution is 2.36. The van der Waals surface area contributed by atoms with E-state index in [0.717, 1.165) is 38.7 Å². The van der Waals surface area contributed by atoms with E-state index in [0.29, 0.717) is 5.82 Å². The Bertz CT molecular complexity index is 2610. The molecule has 0 bridgehead atoms. The highest BCUT2D eigenvalue weighted by molar-refractivity contribution is 6.12. The summed E-state index contributed by atoms with van der Waals surface area (Å²) in [5, 5.41) is 3.40. The minimum absolute atomic E-state index is 0.715. The van der Waals surface area contributed by atoms with Gasteiger partial charge in [0, 0.05) is 16.5 Å². The SMILES string of the molecule is c1ccc(-c2cccc(-c3ccc(-c4nc(-c5ccc(-c6cccc(-c7ccccc7)c6)cc5)c5c(ccc6ccccc65)n4)cc3)c2)cc1. The Hall–Kier alpha value is -6.64. The molecule has 0 aliphatic carbocycles. The van der Waals surface area contributed by atoms with Crippen molar-refractivity contribution in [3.8, 4) is 67.2 Å². The van der Waals surface area contributed by atoms with Crippen LogP contribution in [0.4, 0.5) is 0 Å². The van der Waals surface area contributed by atoms with Crippen LogP contribution >= 0.6 is 0 Å². The summed E-state index contributed by atoms with van der Waals surface area (Å²) < 4.78 is 0. The number of fused-ring (bicyclic) bond motifs is 3. The summed E-state index contributed by atoms with van der Waals surface area (Å²) in [5.41, 5.74) is 13.4. The third-order valence-electron chi connectivity index (χ3n) is 9.50. The molecule has 0 amide bonds. The van der Waals surface area contributed by atoms with Crippen molar-refractivity contribution in [2.24, 2.45) is 0 Å². The predicted molar refractivity (Wildman–Crippen MR) is 210 cm³/mol. The number of nitrogens with zero attached hydrogens (tertiary/aromatic N) is 2. The second-order valence-corrected chi connectivity index (χ2v) is 12.6. The summed E-state index contributed by atoms with van der Waals surface area (Å²) in [6.45, 7) is 0. The molecule has 0 aliphatic heterocycles. The van der Waals surface area contributed by atoms with Crippen molar-refractivity contribution >= 4 is 21.7 Å². The van der Waals surface area contributed by atoms with Gasteiger partial charge in [0.05, 0.1) is 11.2 Å². The molecule has 0 radical (unpaired) electrons. The average molecular weight is 637 g/mol. The lowest BCUT2D eigenvalue weighted by Crippen LogP contribution is -1.96. The molecule has 234 valence electrons. The Morgan fingerprint density at radius 3 is 1.28 bits per heavy atom. The molecule has 0 atom stereocenters. The zero-order chi connectivity index (χ0) is 33.3. The van der Waals surface area contributed by atoms with Crippen LogP contribution in [0.15, 0.2) is 194 Å². The topological polar surface area (TPSA) is 25.8 Å². The lowest BCUT2D eigenvalue weighted by atomic mass is 9.96. The van der Waals surface area contributed by atoms with E-state index in [2.05, 4.69) is 194 Å². The van der Waals surface area contributed by atoms with E-state index in [1.54, 1.807) is 0 Å². The second kappa shape index (κ2) is 12.8. The summed E-state index contributed by atoms with van der Waals surface area (Å²) in [7, 11) is 0. The molecular weight excluding hydrogens is 605 g/mol. The number of aromatic nitrogens is 2. The van der Waals surface area contributed by atoms with Crippen LogP contribution in [-0.2, 0) is 0 Å². The van der Waals surface area contributed by atoms with Crippen LogP contribution in [0.5, 0.6) is 0 Å². The molecule has 9 aromatic rings. The molecule has 8 aromatic carbocycles. The van der Waals surface area contributed by atoms with Gasteiger partial charge in [0.15, 0.2) is 5.82 Å². The number of benzene rings is 8. The zero-order valence-corrected chi connectivity index (χ0v) is 27.4. The van der Waals surface area contributed by atoms with Gasteiger partial charge in [0.25, 0.3) is 0 Å². The fraction of sp³-hybridized carbons (Fsp3) is 0. The molecular formula is C48H32N2. The second-order valence-electron chi connectivity index (χ2n) is 12.6. The van der Waals surface area contributed by atoms with Crippen LogP contribution in [0.2, 0.25) is 0 Å². The Morgan fingerprint density at radius 1 is 0.280 bits per heavy atom. The third-order valence-corrected chi connectivity index (χ3v) is 9.50. The van der Waals surface area contributed by atoms with Crippen LogP contribution in [0, 0.1) is 0 Å². The van der Waals surface area contributed by atoms with Gasteiger partial charge in [-0.1, -0.05) is 176 Å². The van der Waals surface area contributed by atoms with Gasteiger partial charge in [-0.15, -0.1) is 0 Å². The summed E-state index contributed by atoms with van der Waals surface area (Å²) in [6.07, 6.45) is 0. The van der Waals surface area contributed by atoms with E-state index in [9.17, 15) is 0 Å². The van der Waals surface area contributed by atoms with Crippen molar-refractivity contribution in [2.45, 2.75) is 0 Å². The molecule has 1 aromatic heterocycles. The fourth-order valence-corrected chi connectivity index (χ4v) is 6.89. The van der Waals surface area contributed by atoms with Crippen LogP contribution in [-0.4, -0.2) is 9.97 Å². The van der Waals surface area contributed by atoms with E-state index in [1.165, 1.54) is 44.3 Å². The van der Waals surface area contributed by atoms with Crippen molar-refractivity contribution in [3.05, 3.63) is 194 Å². The summed E-state index contributed by atoms with van der Waals surface area (Å²) >= 11 is 0. The molecule has 0 fully saturated rings. The first-order valence-corrected chi connectivity index (χ1v) is 17.0. The Kier molecular flexibility index (Phi) is 7.53. The van der Waals surface area contributed by atoms with Gasteiger partial charge in [0.2, 0.25) is 0 Å². The molecule has 0 unspecified atom stereocenters. The van der Waals surface area contributed by atoms with Gasteiger partial charge in [-0.05, 0) is 73.5 Å². The van der Waals surface area contributed by atoms with Crippen LogP contribution in [0.25, 0.3) is 88.8 Å². The standard InChI is InChI=1S/C48H32N2/c1-3-11-33(12-4-1)40-16-9-18-42(31-40)35-21-25-38(26-22-35)47-46-44-20-8-7-15-37(44)29-30-45(46)49-48(50-47)39-27-23-36(24-28-39)43-19-10-17-41(32-43)34-13-5-2-6-14-34/h1-32H. The third kappa shape index (κ3) is 5.63. The number of hydrogen-bond acceptors (Lipinski definition) is 2. The van der Waals surface area contributed by atoms with Gasteiger partial charge < -0.3 is 0 Å². The van der Waals surface area contributed by atoms with Crippen LogP contribution < -0.4 is 0 Å². The first-order chi connectivity index (χ1) is 24.8. The lowest BCUT2D eigenvalue weighted by molar-refractivity contribution is 1.23. The maximum atomic E-state index is 5.29. The number of hydrogen-bond donors (Lipinski definition) is 0. The van der Waals surface area contributed by atoms with E-state index in [-0.39, 0.29) is 0 Å². The highest BCUT2D eigenvalue weighted by atomic mass is 14.9. The molecule has 2 nitrogen and oxygen atoms in total. The van der Waals surface area contributed by atoms with Gasteiger partial charge >= 0.3 is 0 Å². The predicted octanol–water partition coefficient (Wildman–Crippen LogP) is 12.8. The van der Waals surface area contributed by atoms with Crippen molar-refractivity contribution in [3.63, 3.8) is 0 Å². The monoisotopic (exact) mass is 636 g/mol. The molecule has 0 saturated heterocycles. The van der Waals surface area contributed by atoms with Crippen LogP contribution in [0.3, 0.4) is 0 Å². The van der Waals surface area contributed by atoms with Gasteiger partial charge in [-0.25, -0.2) is 9.97 Å². The molecule has 0 saturated carbocycles. The fourth-order valence-electron chi connectivity index (χ4n) is 6.89. The first kappa shape index (κ1) is 29.5. The molecule has 9 rings (SSSR count). The minimum atomic E-state index is 0.715. The molecule has 0 spiro atoms. The highest BCUT2D eigenvalue weighted by Gasteiger charge is 2.15. The summed E-state index contributed by atoms with van der Waals surface area (Å²) in [5.74, 6) is 0.715. The van der Waals surface area contributed by atoms with Gasteiger partial charge in [-0.3, -0.25) is 0 Å². The molecule has 50 heavy (non-hydrogen) atoms. The smallest absolute Gasteiger partial charge is 0.160 e. The maximum absolute atomic E-state index is 5.29. The van der Waals surface area contributed by atoms with Crippen molar-refractivity contribution in [1.29, 1.82) is 0 Å². The normalized spacial score (nSPS) is 11.2. The molecule has 2 heteroatoms. The Morgan fingerprint density at radius 2 is 0.720 bits per heavy atom. The van der Waals surface area contributed by atoms with Crippen LogP contribution in [0.1, 0.15) is 0 Å². The molecule has 0 aliphatic rings. The summed E-state index contributed by atoms with van der Waals surface area (Å²) in [4.78, 5) is 10.4. The maximum Gasteiger partial charge on any atom is 0.160 e. The van der Waals surface area contributed by atoms with E-state index < -0.39 is 0 Å². The Balaban J connectivity index is 1.11. The Labute approximate surface area is 292 Å². The minimum Gasteiger partial charge on any atom is -0.228 e. The lowest BCUT2D eigenvalue weighted by Gasteiger charge is -2.13. The average Bonchev–Trinajstić information content (AvgIpc) is 3.21. The quantitative estimate of drug-likeness (QED) is 0.170. The van der Waals surface area contributed by atoms with Crippen molar-refractivity contribution < 1.29 is 0 Å². The van der Waals surface area contributed by atoms with Gasteiger partial charge in [0.1, 0.15) is 0 Å². The van der Waals surface area contributed by atoms with E-state index in [1.807, 2.05) is 0 Å². The largest absolute Gasteiger partial charge is 0.228 e. The summed E-state index contributed by atoms with van der Waals surface area (Å²) in [6, 6.07) is 68.7. The van der Waals surface area contributed by atoms with Gasteiger partial charge in [-0.2, -0.15) is 0 Å². The molecule has 1 heterocycles. The van der Waals surface area contributed by atoms with E-state index in [4.69, 9.17) is 9.97 Å². The van der Waals surface area contributed by atoms with Crippen molar-refractivity contribution in [2.75, 3.05) is 0 Å². The van der Waals surface area contributed by atoms with E-state index >= 15 is 0 Å².